The molecule has 18 heavy (non-hydrogen) atoms. The van der Waals surface area contributed by atoms with E-state index in [4.69, 9.17) is 33.7 Å². The second kappa shape index (κ2) is 5.46. The molecule has 0 aromatic heterocycles. The maximum absolute atomic E-state index is 12.9. The van der Waals surface area contributed by atoms with Gasteiger partial charge in [0.05, 0.1) is 5.02 Å². The number of rotatable bonds is 3. The van der Waals surface area contributed by atoms with Gasteiger partial charge in [0.1, 0.15) is 18.2 Å². The number of nitrogens with two attached hydrogens (primary N) is 1. The lowest BCUT2D eigenvalue weighted by Gasteiger charge is -2.10. The smallest absolute Gasteiger partial charge is 0.138 e. The van der Waals surface area contributed by atoms with Gasteiger partial charge < -0.3 is 10.5 Å². The lowest BCUT2D eigenvalue weighted by molar-refractivity contribution is 0.306. The predicted molar refractivity (Wildman–Crippen MR) is 71.6 cm³/mol. The highest BCUT2D eigenvalue weighted by molar-refractivity contribution is 6.32. The molecule has 0 saturated carbocycles. The molecule has 0 bridgehead atoms. The molecule has 0 aliphatic rings. The third-order valence-electron chi connectivity index (χ3n) is 2.38. The lowest BCUT2D eigenvalue weighted by Crippen LogP contribution is -2.00. The van der Waals surface area contributed by atoms with Gasteiger partial charge in [0.15, 0.2) is 0 Å². The van der Waals surface area contributed by atoms with Crippen molar-refractivity contribution in [2.24, 2.45) is 0 Å². The molecule has 0 atom stereocenters. The van der Waals surface area contributed by atoms with E-state index >= 15 is 0 Å². The van der Waals surface area contributed by atoms with Gasteiger partial charge in [0, 0.05) is 16.3 Å². The number of benzene rings is 2. The highest BCUT2D eigenvalue weighted by Crippen LogP contribution is 2.27. The maximum Gasteiger partial charge on any atom is 0.138 e. The first-order valence-corrected chi connectivity index (χ1v) is 5.93. The number of nitrogen functional groups attached to an aromatic ring is 1. The molecule has 0 amide bonds. The Bertz CT molecular complexity index is 575. The van der Waals surface area contributed by atoms with Gasteiger partial charge >= 0.3 is 0 Å². The summed E-state index contributed by atoms with van der Waals surface area (Å²) in [5, 5.41) is 0.795. The van der Waals surface area contributed by atoms with E-state index in [0.29, 0.717) is 16.5 Å². The minimum Gasteiger partial charge on any atom is -0.487 e. The third kappa shape index (κ3) is 3.06. The van der Waals surface area contributed by atoms with E-state index < -0.39 is 5.82 Å². The van der Waals surface area contributed by atoms with Gasteiger partial charge in [-0.15, -0.1) is 0 Å². The molecule has 0 radical (unpaired) electrons. The van der Waals surface area contributed by atoms with Crippen LogP contribution < -0.4 is 10.5 Å². The zero-order valence-electron chi connectivity index (χ0n) is 9.29. The quantitative estimate of drug-likeness (QED) is 0.854. The zero-order chi connectivity index (χ0) is 13.1. The first-order chi connectivity index (χ1) is 8.56. The van der Waals surface area contributed by atoms with Gasteiger partial charge in [-0.3, -0.25) is 0 Å². The number of halogens is 3. The van der Waals surface area contributed by atoms with E-state index in [0.717, 1.165) is 5.56 Å². The largest absolute Gasteiger partial charge is 0.487 e. The Labute approximate surface area is 114 Å². The molecule has 2 N–H and O–H groups in total. The molecule has 5 heteroatoms. The molecule has 0 aliphatic heterocycles. The Morgan fingerprint density at radius 3 is 2.61 bits per heavy atom. The lowest BCUT2D eigenvalue weighted by atomic mass is 10.2. The molecule has 2 aromatic rings. The Morgan fingerprint density at radius 1 is 1.11 bits per heavy atom. The second-order valence-electron chi connectivity index (χ2n) is 3.71. The van der Waals surface area contributed by atoms with Crippen LogP contribution in [0.2, 0.25) is 10.0 Å². The molecule has 0 spiro atoms. The summed E-state index contributed by atoms with van der Waals surface area (Å²) < 4.78 is 18.3. The fraction of sp³-hybridized carbons (Fsp3) is 0.0769. The van der Waals surface area contributed by atoms with Crippen LogP contribution in [0, 0.1) is 5.82 Å². The summed E-state index contributed by atoms with van der Waals surface area (Å²) in [6.45, 7) is 0.220. The van der Waals surface area contributed by atoms with E-state index in [1.807, 2.05) is 0 Å². The topological polar surface area (TPSA) is 35.2 Å². The molecule has 0 saturated heterocycles. The molecule has 0 unspecified atom stereocenters. The Morgan fingerprint density at radius 2 is 1.89 bits per heavy atom. The van der Waals surface area contributed by atoms with Crippen molar-refractivity contribution in [1.82, 2.24) is 0 Å². The van der Waals surface area contributed by atoms with Gasteiger partial charge in [-0.05, 0) is 36.4 Å². The molecular formula is C13H10Cl2FNO. The van der Waals surface area contributed by atoms with Crippen LogP contribution in [0.5, 0.6) is 5.75 Å². The SMILES string of the molecule is Nc1ccc(Cl)cc1COc1ccc(F)cc1Cl. The number of hydrogen-bond acceptors (Lipinski definition) is 2. The van der Waals surface area contributed by atoms with Crippen LogP contribution in [0.15, 0.2) is 36.4 Å². The molecule has 2 nitrogen and oxygen atoms in total. The monoisotopic (exact) mass is 285 g/mol. The van der Waals surface area contributed by atoms with Crippen molar-refractivity contribution >= 4 is 28.9 Å². The van der Waals surface area contributed by atoms with Crippen LogP contribution in [0.1, 0.15) is 5.56 Å². The summed E-state index contributed by atoms with van der Waals surface area (Å²) in [5.74, 6) is -0.00735. The van der Waals surface area contributed by atoms with E-state index in [9.17, 15) is 4.39 Å². The van der Waals surface area contributed by atoms with Crippen molar-refractivity contribution in [3.05, 3.63) is 57.8 Å². The average Bonchev–Trinajstić information content (AvgIpc) is 2.32. The number of ether oxygens (including phenoxy) is 1. The van der Waals surface area contributed by atoms with Crippen molar-refractivity contribution in [3.8, 4) is 5.75 Å². The van der Waals surface area contributed by atoms with E-state index in [1.54, 1.807) is 18.2 Å². The van der Waals surface area contributed by atoms with Crippen molar-refractivity contribution < 1.29 is 9.13 Å². The maximum atomic E-state index is 12.9. The van der Waals surface area contributed by atoms with Crippen LogP contribution >= 0.6 is 23.2 Å². The number of anilines is 1. The van der Waals surface area contributed by atoms with Crippen molar-refractivity contribution in [3.63, 3.8) is 0 Å². The summed E-state index contributed by atoms with van der Waals surface area (Å²) >= 11 is 11.7. The number of hydrogen-bond donors (Lipinski definition) is 1. The van der Waals surface area contributed by atoms with Crippen LogP contribution in [0.3, 0.4) is 0 Å². The molecule has 2 rings (SSSR count). The summed E-state index contributed by atoms with van der Waals surface area (Å²) in [4.78, 5) is 0. The normalized spacial score (nSPS) is 10.4. The van der Waals surface area contributed by atoms with Gasteiger partial charge in [0.25, 0.3) is 0 Å². The Kier molecular flexibility index (Phi) is 3.94. The zero-order valence-corrected chi connectivity index (χ0v) is 10.8. The van der Waals surface area contributed by atoms with Gasteiger partial charge in [-0.2, -0.15) is 0 Å². The first-order valence-electron chi connectivity index (χ1n) is 5.18. The van der Waals surface area contributed by atoms with Crippen LogP contribution in [-0.2, 0) is 6.61 Å². The fourth-order valence-corrected chi connectivity index (χ4v) is 1.86. The highest BCUT2D eigenvalue weighted by Gasteiger charge is 2.05. The van der Waals surface area contributed by atoms with E-state index in [2.05, 4.69) is 0 Å². The standard InChI is InChI=1S/C13H10Cl2FNO/c14-9-1-3-12(17)8(5-9)7-18-13-4-2-10(16)6-11(13)15/h1-6H,7,17H2. The third-order valence-corrected chi connectivity index (χ3v) is 2.91. The van der Waals surface area contributed by atoms with E-state index in [-0.39, 0.29) is 11.6 Å². The Balaban J connectivity index is 2.13. The Hall–Kier alpha value is -1.45. The summed E-state index contributed by atoms with van der Waals surface area (Å²) in [5.41, 5.74) is 7.12. The van der Waals surface area contributed by atoms with Crippen LogP contribution in [0.4, 0.5) is 10.1 Å². The summed E-state index contributed by atoms with van der Waals surface area (Å²) in [6.07, 6.45) is 0. The second-order valence-corrected chi connectivity index (χ2v) is 4.55. The summed E-state index contributed by atoms with van der Waals surface area (Å²) in [7, 11) is 0. The molecule has 2 aromatic carbocycles. The summed E-state index contributed by atoms with van der Waals surface area (Å²) in [6, 6.07) is 9.06. The predicted octanol–water partition coefficient (Wildman–Crippen LogP) is 4.29. The average molecular weight is 286 g/mol. The first kappa shape index (κ1) is 13.0. The van der Waals surface area contributed by atoms with Gasteiger partial charge in [-0.1, -0.05) is 23.2 Å². The van der Waals surface area contributed by atoms with Crippen molar-refractivity contribution in [2.45, 2.75) is 6.61 Å². The van der Waals surface area contributed by atoms with Gasteiger partial charge in [0.2, 0.25) is 0 Å². The highest BCUT2D eigenvalue weighted by atomic mass is 35.5. The minimum atomic E-state index is -0.408. The van der Waals surface area contributed by atoms with Crippen molar-refractivity contribution in [1.29, 1.82) is 0 Å². The fourth-order valence-electron chi connectivity index (χ4n) is 1.45. The van der Waals surface area contributed by atoms with Crippen LogP contribution in [-0.4, -0.2) is 0 Å². The van der Waals surface area contributed by atoms with Gasteiger partial charge in [-0.25, -0.2) is 4.39 Å². The molecule has 0 aliphatic carbocycles. The van der Waals surface area contributed by atoms with E-state index in [1.165, 1.54) is 18.2 Å². The molecule has 94 valence electrons. The van der Waals surface area contributed by atoms with Crippen LogP contribution in [0.25, 0.3) is 0 Å². The van der Waals surface area contributed by atoms with Crippen molar-refractivity contribution in [2.75, 3.05) is 5.73 Å². The molecular weight excluding hydrogens is 276 g/mol. The molecule has 0 heterocycles. The molecule has 0 fully saturated rings. The minimum absolute atomic E-state index is 0.218.